The fourth-order valence-corrected chi connectivity index (χ4v) is 3.80. The van der Waals surface area contributed by atoms with Crippen LogP contribution in [0.3, 0.4) is 0 Å². The largest absolute Gasteiger partial charge is 0.484 e. The van der Waals surface area contributed by atoms with Gasteiger partial charge < -0.3 is 15.0 Å². The fourth-order valence-electron chi connectivity index (χ4n) is 3.54. The predicted octanol–water partition coefficient (Wildman–Crippen LogP) is 4.83. The summed E-state index contributed by atoms with van der Waals surface area (Å²) in [6.07, 6.45) is 0.409. The van der Waals surface area contributed by atoms with Crippen molar-refractivity contribution in [1.29, 1.82) is 0 Å². The number of aryl methyl sites for hydroxylation is 2. The summed E-state index contributed by atoms with van der Waals surface area (Å²) in [6, 6.07) is 22.5. The van der Waals surface area contributed by atoms with E-state index in [9.17, 15) is 9.59 Å². The highest BCUT2D eigenvalue weighted by Crippen LogP contribution is 2.19. The normalized spacial score (nSPS) is 11.5. The maximum Gasteiger partial charge on any atom is 0.261 e. The van der Waals surface area contributed by atoms with Crippen LogP contribution in [0, 0.1) is 13.8 Å². The summed E-state index contributed by atoms with van der Waals surface area (Å²) in [6.45, 7) is 4.18. The summed E-state index contributed by atoms with van der Waals surface area (Å²) >= 11 is 3.45. The Kier molecular flexibility index (Phi) is 8.66. The molecule has 172 valence electrons. The van der Waals surface area contributed by atoms with E-state index >= 15 is 0 Å². The van der Waals surface area contributed by atoms with Crippen molar-refractivity contribution in [3.63, 3.8) is 0 Å². The van der Waals surface area contributed by atoms with Gasteiger partial charge >= 0.3 is 0 Å². The molecule has 0 spiro atoms. The molecule has 3 rings (SSSR count). The Bertz CT molecular complexity index is 1080. The van der Waals surface area contributed by atoms with Gasteiger partial charge in [0.15, 0.2) is 6.61 Å². The van der Waals surface area contributed by atoms with Gasteiger partial charge in [0.1, 0.15) is 11.8 Å². The third-order valence-corrected chi connectivity index (χ3v) is 6.15. The van der Waals surface area contributed by atoms with Crippen molar-refractivity contribution in [2.75, 3.05) is 13.7 Å². The Hall–Kier alpha value is -3.12. The fraction of sp³-hybridized carbons (Fsp3) is 0.259. The van der Waals surface area contributed by atoms with Gasteiger partial charge in [0.05, 0.1) is 0 Å². The van der Waals surface area contributed by atoms with E-state index in [-0.39, 0.29) is 18.4 Å². The van der Waals surface area contributed by atoms with E-state index in [4.69, 9.17) is 4.74 Å². The molecule has 0 aromatic heterocycles. The van der Waals surface area contributed by atoms with Crippen molar-refractivity contribution in [1.82, 2.24) is 10.2 Å². The Morgan fingerprint density at radius 3 is 2.27 bits per heavy atom. The number of amides is 2. The zero-order chi connectivity index (χ0) is 23.8. The molecular weight excluding hydrogens is 480 g/mol. The SMILES string of the molecule is CNC(=O)[C@@H](Cc1ccccc1)N(Cc1ccc(Br)cc1)C(=O)COc1ccc(C)c(C)c1. The van der Waals surface area contributed by atoms with Crippen molar-refractivity contribution in [2.24, 2.45) is 0 Å². The number of benzene rings is 3. The smallest absolute Gasteiger partial charge is 0.261 e. The summed E-state index contributed by atoms with van der Waals surface area (Å²) in [7, 11) is 1.59. The average molecular weight is 509 g/mol. The minimum Gasteiger partial charge on any atom is -0.484 e. The Balaban J connectivity index is 1.86. The zero-order valence-corrected chi connectivity index (χ0v) is 20.8. The van der Waals surface area contributed by atoms with Crippen LogP contribution in [0.2, 0.25) is 0 Å². The lowest BCUT2D eigenvalue weighted by Crippen LogP contribution is -2.51. The predicted molar refractivity (Wildman–Crippen MR) is 134 cm³/mol. The van der Waals surface area contributed by atoms with Gasteiger partial charge in [-0.15, -0.1) is 0 Å². The van der Waals surface area contributed by atoms with E-state index < -0.39 is 6.04 Å². The monoisotopic (exact) mass is 508 g/mol. The minimum atomic E-state index is -0.670. The molecule has 33 heavy (non-hydrogen) atoms. The number of hydrogen-bond donors (Lipinski definition) is 1. The lowest BCUT2D eigenvalue weighted by molar-refractivity contribution is -0.142. The number of nitrogens with one attached hydrogen (secondary N) is 1. The summed E-state index contributed by atoms with van der Waals surface area (Å²) in [5.41, 5.74) is 4.17. The lowest BCUT2D eigenvalue weighted by atomic mass is 10.0. The number of hydrogen-bond acceptors (Lipinski definition) is 3. The first-order chi connectivity index (χ1) is 15.9. The number of rotatable bonds is 9. The number of carbonyl (C=O) groups is 2. The van der Waals surface area contributed by atoms with Crippen molar-refractivity contribution in [3.05, 3.63) is 99.5 Å². The lowest BCUT2D eigenvalue weighted by Gasteiger charge is -2.31. The number of halogens is 1. The van der Waals surface area contributed by atoms with E-state index in [1.54, 1.807) is 11.9 Å². The summed E-state index contributed by atoms with van der Waals surface area (Å²) in [5.74, 6) is 0.172. The second kappa shape index (κ2) is 11.7. The van der Waals surface area contributed by atoms with E-state index in [0.717, 1.165) is 26.7 Å². The van der Waals surface area contributed by atoms with E-state index in [1.165, 1.54) is 0 Å². The van der Waals surface area contributed by atoms with Crippen LogP contribution in [0.1, 0.15) is 22.3 Å². The van der Waals surface area contributed by atoms with Gasteiger partial charge in [-0.3, -0.25) is 9.59 Å². The van der Waals surface area contributed by atoms with Crippen LogP contribution >= 0.6 is 15.9 Å². The summed E-state index contributed by atoms with van der Waals surface area (Å²) < 4.78 is 6.78. The zero-order valence-electron chi connectivity index (χ0n) is 19.2. The molecule has 5 nitrogen and oxygen atoms in total. The standard InChI is InChI=1S/C27H29BrN2O3/c1-19-9-14-24(15-20(19)2)33-18-26(31)30(17-22-10-12-23(28)13-11-22)25(27(32)29-3)16-21-7-5-4-6-8-21/h4-15,25H,16-18H2,1-3H3,(H,29,32)/t25-/m1/s1. The van der Waals surface area contributed by atoms with Crippen molar-refractivity contribution < 1.29 is 14.3 Å². The third kappa shape index (κ3) is 6.93. The molecule has 0 bridgehead atoms. The molecule has 0 aliphatic heterocycles. The van der Waals surface area contributed by atoms with E-state index in [0.29, 0.717) is 18.7 Å². The molecule has 0 saturated heterocycles. The van der Waals surface area contributed by atoms with Crippen LogP contribution in [0.5, 0.6) is 5.75 Å². The van der Waals surface area contributed by atoms with Crippen LogP contribution in [-0.4, -0.2) is 36.4 Å². The van der Waals surface area contributed by atoms with Gasteiger partial charge in [-0.2, -0.15) is 0 Å². The molecule has 1 N–H and O–H groups in total. The molecule has 1 atom stereocenters. The second-order valence-corrected chi connectivity index (χ2v) is 8.92. The Labute approximate surface area is 203 Å². The van der Waals surface area contributed by atoms with Gasteiger partial charge in [-0.05, 0) is 60.4 Å². The number of carbonyl (C=O) groups excluding carboxylic acids is 2. The maximum absolute atomic E-state index is 13.4. The highest BCUT2D eigenvalue weighted by atomic mass is 79.9. The first kappa shape index (κ1) is 24.5. The topological polar surface area (TPSA) is 58.6 Å². The van der Waals surface area contributed by atoms with Crippen LogP contribution in [0.25, 0.3) is 0 Å². The molecule has 3 aromatic rings. The molecule has 0 fully saturated rings. The minimum absolute atomic E-state index is 0.151. The quantitative estimate of drug-likeness (QED) is 0.450. The first-order valence-corrected chi connectivity index (χ1v) is 11.7. The molecule has 2 amide bonds. The van der Waals surface area contributed by atoms with Crippen molar-refractivity contribution >= 4 is 27.7 Å². The average Bonchev–Trinajstić information content (AvgIpc) is 2.83. The van der Waals surface area contributed by atoms with Gasteiger partial charge in [0.25, 0.3) is 5.91 Å². The van der Waals surface area contributed by atoms with Crippen LogP contribution in [0.15, 0.2) is 77.3 Å². The molecule has 0 aliphatic rings. The third-order valence-electron chi connectivity index (χ3n) is 5.62. The highest BCUT2D eigenvalue weighted by molar-refractivity contribution is 9.10. The highest BCUT2D eigenvalue weighted by Gasteiger charge is 2.30. The van der Waals surface area contributed by atoms with Crippen molar-refractivity contribution in [2.45, 2.75) is 32.9 Å². The molecule has 6 heteroatoms. The van der Waals surface area contributed by atoms with Gasteiger partial charge in [0.2, 0.25) is 5.91 Å². The maximum atomic E-state index is 13.4. The van der Waals surface area contributed by atoms with Crippen LogP contribution < -0.4 is 10.1 Å². The number of likely N-dealkylation sites (N-methyl/N-ethyl adjacent to an activating group) is 1. The Morgan fingerprint density at radius 2 is 1.64 bits per heavy atom. The summed E-state index contributed by atoms with van der Waals surface area (Å²) in [5, 5.41) is 2.72. The molecular formula is C27H29BrN2O3. The molecule has 0 saturated carbocycles. The van der Waals surface area contributed by atoms with E-state index in [2.05, 4.69) is 21.2 Å². The summed E-state index contributed by atoms with van der Waals surface area (Å²) in [4.78, 5) is 27.9. The molecule has 0 heterocycles. The van der Waals surface area contributed by atoms with Crippen molar-refractivity contribution in [3.8, 4) is 5.75 Å². The van der Waals surface area contributed by atoms with Crippen LogP contribution in [-0.2, 0) is 22.6 Å². The molecule has 0 radical (unpaired) electrons. The Morgan fingerprint density at radius 1 is 0.939 bits per heavy atom. The molecule has 0 unspecified atom stereocenters. The number of nitrogens with zero attached hydrogens (tertiary/aromatic N) is 1. The molecule has 0 aliphatic carbocycles. The van der Waals surface area contributed by atoms with Gasteiger partial charge in [-0.25, -0.2) is 0 Å². The number of ether oxygens (including phenoxy) is 1. The van der Waals surface area contributed by atoms with Crippen LogP contribution in [0.4, 0.5) is 0 Å². The second-order valence-electron chi connectivity index (χ2n) is 8.00. The first-order valence-electron chi connectivity index (χ1n) is 10.9. The van der Waals surface area contributed by atoms with Gasteiger partial charge in [0, 0.05) is 24.5 Å². The van der Waals surface area contributed by atoms with Gasteiger partial charge in [-0.1, -0.05) is 64.5 Å². The molecule has 3 aromatic carbocycles. The van der Waals surface area contributed by atoms with E-state index in [1.807, 2.05) is 86.6 Å².